The van der Waals surface area contributed by atoms with Crippen LogP contribution in [0.3, 0.4) is 0 Å². The average Bonchev–Trinajstić information content (AvgIpc) is 2.51. The molecule has 0 heterocycles. The third-order valence-corrected chi connectivity index (χ3v) is 3.49. The lowest BCUT2D eigenvalue weighted by Gasteiger charge is -2.08. The van der Waals surface area contributed by atoms with Crippen LogP contribution in [-0.4, -0.2) is 5.91 Å². The van der Waals surface area contributed by atoms with Crippen LogP contribution in [0.25, 0.3) is 6.08 Å². The summed E-state index contributed by atoms with van der Waals surface area (Å²) in [5.74, 6) is -0.804. The monoisotopic (exact) mass is 308 g/mol. The van der Waals surface area contributed by atoms with Crippen LogP contribution in [0.4, 0.5) is 10.1 Å². The van der Waals surface area contributed by atoms with Crippen molar-refractivity contribution in [3.63, 3.8) is 0 Å². The summed E-state index contributed by atoms with van der Waals surface area (Å²) in [4.78, 5) is 12.3. The highest BCUT2D eigenvalue weighted by Crippen LogP contribution is 2.18. The normalized spacial score (nSPS) is 11.0. The Kier molecular flexibility index (Phi) is 4.92. The molecule has 0 bridgehead atoms. The first kappa shape index (κ1) is 16.4. The predicted octanol–water partition coefficient (Wildman–Crippen LogP) is 4.30. The van der Waals surface area contributed by atoms with E-state index in [0.717, 1.165) is 11.1 Å². The van der Waals surface area contributed by atoms with Crippen molar-refractivity contribution in [1.82, 2.24) is 0 Å². The van der Waals surface area contributed by atoms with E-state index in [4.69, 9.17) is 0 Å². The molecular weight excluding hydrogens is 291 g/mol. The molecule has 0 saturated carbocycles. The molecule has 0 aliphatic carbocycles. The second-order valence-corrected chi connectivity index (χ2v) is 5.45. The van der Waals surface area contributed by atoms with E-state index >= 15 is 0 Å². The van der Waals surface area contributed by atoms with Gasteiger partial charge in [-0.1, -0.05) is 23.8 Å². The Hall–Kier alpha value is -2.93. The topological polar surface area (TPSA) is 52.9 Å². The van der Waals surface area contributed by atoms with E-state index in [1.807, 2.05) is 32.0 Å². The molecule has 0 fully saturated rings. The number of hydrogen-bond donors (Lipinski definition) is 1. The first-order valence-corrected chi connectivity index (χ1v) is 7.17. The zero-order valence-electron chi connectivity index (χ0n) is 13.3. The van der Waals surface area contributed by atoms with Gasteiger partial charge in [-0.3, -0.25) is 4.79 Å². The molecule has 0 aromatic heterocycles. The fraction of sp³-hybridized carbons (Fsp3) is 0.158. The number of hydrogen-bond acceptors (Lipinski definition) is 2. The number of rotatable bonds is 3. The highest BCUT2D eigenvalue weighted by Gasteiger charge is 2.11. The van der Waals surface area contributed by atoms with Gasteiger partial charge in [0.05, 0.1) is 0 Å². The average molecular weight is 308 g/mol. The summed E-state index contributed by atoms with van der Waals surface area (Å²) >= 11 is 0. The SMILES string of the molecule is Cc1ccc(NC(=O)C(C#N)=Cc2ccc(F)c(C)c2)c(C)c1. The maximum absolute atomic E-state index is 13.3. The van der Waals surface area contributed by atoms with Crippen LogP contribution in [0.15, 0.2) is 42.0 Å². The van der Waals surface area contributed by atoms with Gasteiger partial charge < -0.3 is 5.32 Å². The molecule has 0 atom stereocenters. The van der Waals surface area contributed by atoms with Gasteiger partial charge in [-0.05, 0) is 61.7 Å². The zero-order chi connectivity index (χ0) is 17.0. The van der Waals surface area contributed by atoms with E-state index in [-0.39, 0.29) is 11.4 Å². The number of carbonyl (C=O) groups is 1. The van der Waals surface area contributed by atoms with Gasteiger partial charge in [0.25, 0.3) is 5.91 Å². The van der Waals surface area contributed by atoms with Crippen LogP contribution >= 0.6 is 0 Å². The molecule has 2 aromatic rings. The summed E-state index contributed by atoms with van der Waals surface area (Å²) in [6, 6.07) is 12.0. The van der Waals surface area contributed by atoms with E-state index in [9.17, 15) is 14.4 Å². The number of nitrogens with zero attached hydrogens (tertiary/aromatic N) is 1. The predicted molar refractivity (Wildman–Crippen MR) is 89.3 cm³/mol. The Morgan fingerprint density at radius 3 is 2.48 bits per heavy atom. The number of anilines is 1. The van der Waals surface area contributed by atoms with Gasteiger partial charge in [-0.25, -0.2) is 4.39 Å². The molecule has 0 aliphatic heterocycles. The number of nitrogens with one attached hydrogen (secondary N) is 1. The van der Waals surface area contributed by atoms with Gasteiger partial charge in [0.2, 0.25) is 0 Å². The number of benzene rings is 2. The lowest BCUT2D eigenvalue weighted by molar-refractivity contribution is -0.112. The third kappa shape index (κ3) is 4.04. The van der Waals surface area contributed by atoms with Gasteiger partial charge in [-0.15, -0.1) is 0 Å². The molecule has 0 unspecified atom stereocenters. The van der Waals surface area contributed by atoms with E-state index in [2.05, 4.69) is 5.32 Å². The van der Waals surface area contributed by atoms with E-state index in [1.54, 1.807) is 19.1 Å². The highest BCUT2D eigenvalue weighted by atomic mass is 19.1. The van der Waals surface area contributed by atoms with Crippen molar-refractivity contribution in [2.45, 2.75) is 20.8 Å². The molecule has 2 rings (SSSR count). The number of nitriles is 1. The molecule has 0 spiro atoms. The maximum Gasteiger partial charge on any atom is 0.266 e. The van der Waals surface area contributed by atoms with E-state index < -0.39 is 5.91 Å². The van der Waals surface area contributed by atoms with Crippen molar-refractivity contribution in [2.75, 3.05) is 5.32 Å². The Morgan fingerprint density at radius 2 is 1.87 bits per heavy atom. The second kappa shape index (κ2) is 6.89. The minimum absolute atomic E-state index is 0.0315. The number of carbonyl (C=O) groups excluding carboxylic acids is 1. The van der Waals surface area contributed by atoms with E-state index in [1.165, 1.54) is 18.2 Å². The summed E-state index contributed by atoms with van der Waals surface area (Å²) in [6.45, 7) is 5.49. The van der Waals surface area contributed by atoms with Crippen LogP contribution in [0.2, 0.25) is 0 Å². The van der Waals surface area contributed by atoms with Crippen LogP contribution in [0, 0.1) is 37.9 Å². The molecule has 0 aliphatic rings. The minimum Gasteiger partial charge on any atom is -0.321 e. The van der Waals surface area contributed by atoms with Crippen molar-refractivity contribution in [1.29, 1.82) is 5.26 Å². The maximum atomic E-state index is 13.3. The van der Waals surface area contributed by atoms with Gasteiger partial charge in [0.15, 0.2) is 0 Å². The Balaban J connectivity index is 2.26. The van der Waals surface area contributed by atoms with Crippen LogP contribution < -0.4 is 5.32 Å². The van der Waals surface area contributed by atoms with Crippen molar-refractivity contribution >= 4 is 17.7 Å². The van der Waals surface area contributed by atoms with Crippen molar-refractivity contribution in [3.05, 3.63) is 70.0 Å². The Labute approximate surface area is 135 Å². The molecule has 2 aromatic carbocycles. The molecule has 23 heavy (non-hydrogen) atoms. The molecule has 0 saturated heterocycles. The molecule has 4 heteroatoms. The zero-order valence-corrected chi connectivity index (χ0v) is 13.3. The summed E-state index contributed by atoms with van der Waals surface area (Å²) < 4.78 is 13.3. The standard InChI is InChI=1S/C19H17FN2O/c1-12-4-7-18(14(3)8-12)22-19(23)16(11-21)10-15-5-6-17(20)13(2)9-15/h4-10H,1-3H3,(H,22,23). The van der Waals surface area contributed by atoms with Crippen LogP contribution in [-0.2, 0) is 4.79 Å². The summed E-state index contributed by atoms with van der Waals surface area (Å²) in [5, 5.41) is 12.0. The van der Waals surface area contributed by atoms with Gasteiger partial charge in [-0.2, -0.15) is 5.26 Å². The number of amides is 1. The first-order chi connectivity index (χ1) is 10.9. The summed E-state index contributed by atoms with van der Waals surface area (Å²) in [6.07, 6.45) is 1.45. The van der Waals surface area contributed by atoms with Crippen molar-refractivity contribution in [2.24, 2.45) is 0 Å². The van der Waals surface area contributed by atoms with Crippen molar-refractivity contribution < 1.29 is 9.18 Å². The number of aryl methyl sites for hydroxylation is 3. The molecule has 1 N–H and O–H groups in total. The number of halogens is 1. The summed E-state index contributed by atoms with van der Waals surface area (Å²) in [5.41, 5.74) is 3.72. The van der Waals surface area contributed by atoms with Crippen molar-refractivity contribution in [3.8, 4) is 6.07 Å². The van der Waals surface area contributed by atoms with Crippen LogP contribution in [0.5, 0.6) is 0 Å². The Bertz CT molecular complexity index is 832. The van der Waals surface area contributed by atoms with Gasteiger partial charge in [0, 0.05) is 5.69 Å². The van der Waals surface area contributed by atoms with E-state index in [0.29, 0.717) is 16.8 Å². The second-order valence-electron chi connectivity index (χ2n) is 5.45. The fourth-order valence-electron chi connectivity index (χ4n) is 2.22. The third-order valence-electron chi connectivity index (χ3n) is 3.49. The molecule has 3 nitrogen and oxygen atoms in total. The van der Waals surface area contributed by atoms with Crippen LogP contribution in [0.1, 0.15) is 22.3 Å². The van der Waals surface area contributed by atoms with Gasteiger partial charge in [0.1, 0.15) is 17.5 Å². The lowest BCUT2D eigenvalue weighted by Crippen LogP contribution is -2.14. The molecular formula is C19H17FN2O. The first-order valence-electron chi connectivity index (χ1n) is 7.17. The highest BCUT2D eigenvalue weighted by molar-refractivity contribution is 6.09. The molecule has 116 valence electrons. The fourth-order valence-corrected chi connectivity index (χ4v) is 2.22. The molecule has 1 amide bonds. The Morgan fingerprint density at radius 1 is 1.13 bits per heavy atom. The smallest absolute Gasteiger partial charge is 0.266 e. The quantitative estimate of drug-likeness (QED) is 0.679. The largest absolute Gasteiger partial charge is 0.321 e. The minimum atomic E-state index is -0.485. The lowest BCUT2D eigenvalue weighted by atomic mass is 10.1. The summed E-state index contributed by atoms with van der Waals surface area (Å²) in [7, 11) is 0. The van der Waals surface area contributed by atoms with Gasteiger partial charge >= 0.3 is 0 Å². The molecule has 0 radical (unpaired) electrons.